The average Bonchev–Trinajstić information content (AvgIpc) is 2.86. The molecule has 7 heteroatoms. The Morgan fingerprint density at radius 2 is 2.23 bits per heavy atom. The van der Waals surface area contributed by atoms with Crippen LogP contribution in [0.2, 0.25) is 0 Å². The van der Waals surface area contributed by atoms with Gasteiger partial charge in [-0.1, -0.05) is 31.2 Å². The Morgan fingerprint density at radius 3 is 2.96 bits per heavy atom. The van der Waals surface area contributed by atoms with E-state index in [0.29, 0.717) is 4.91 Å². The summed E-state index contributed by atoms with van der Waals surface area (Å²) in [4.78, 5) is 31.3. The van der Waals surface area contributed by atoms with E-state index in [1.165, 1.54) is 31.0 Å². The number of carbonyl (C=O) groups is 2. The molecule has 3 rings (SSSR count). The number of carbonyl (C=O) groups excluding carboxylic acids is 2. The van der Waals surface area contributed by atoms with Crippen molar-refractivity contribution in [3.63, 3.8) is 0 Å². The number of thioether (sulfide) groups is 1. The Kier molecular flexibility index (Phi) is 5.98. The molecule has 2 aliphatic heterocycles. The quantitative estimate of drug-likeness (QED) is 0.561. The standard InChI is InChI=1S/C19H22N2O3S2/c1-3-4-9-20-10-5-6-15-11-14(7-8-16(15)20)12-17-18(23)21(19(25)26-17)24-13(2)22/h7-8,11-12H,3-6,9-10H2,1-2H3. The summed E-state index contributed by atoms with van der Waals surface area (Å²) in [6.45, 7) is 5.65. The molecule has 0 bridgehead atoms. The summed E-state index contributed by atoms with van der Waals surface area (Å²) in [6, 6.07) is 6.32. The highest BCUT2D eigenvalue weighted by Crippen LogP contribution is 2.34. The maximum atomic E-state index is 12.4. The fraction of sp³-hybridized carbons (Fsp3) is 0.421. The minimum Gasteiger partial charge on any atom is -0.371 e. The Balaban J connectivity index is 1.81. The van der Waals surface area contributed by atoms with Crippen LogP contribution in [0.25, 0.3) is 6.08 Å². The van der Waals surface area contributed by atoms with E-state index < -0.39 is 11.9 Å². The van der Waals surface area contributed by atoms with Crippen molar-refractivity contribution >= 4 is 51.9 Å². The number of benzene rings is 1. The Labute approximate surface area is 163 Å². The highest BCUT2D eigenvalue weighted by atomic mass is 32.2. The summed E-state index contributed by atoms with van der Waals surface area (Å²) in [7, 11) is 0. The zero-order valence-electron chi connectivity index (χ0n) is 15.0. The molecule has 0 saturated carbocycles. The van der Waals surface area contributed by atoms with Crippen molar-refractivity contribution in [3.8, 4) is 0 Å². The summed E-state index contributed by atoms with van der Waals surface area (Å²) in [5.41, 5.74) is 3.58. The van der Waals surface area contributed by atoms with Crippen molar-refractivity contribution in [3.05, 3.63) is 34.2 Å². The smallest absolute Gasteiger partial charge is 0.330 e. The lowest BCUT2D eigenvalue weighted by Gasteiger charge is -2.31. The molecule has 0 N–H and O–H groups in total. The van der Waals surface area contributed by atoms with Gasteiger partial charge in [-0.15, -0.1) is 5.06 Å². The van der Waals surface area contributed by atoms with E-state index in [1.54, 1.807) is 0 Å². The SMILES string of the molecule is CCCCN1CCCc2cc(C=C3SC(=S)N(OC(C)=O)C3=O)ccc21. The van der Waals surface area contributed by atoms with Crippen molar-refractivity contribution < 1.29 is 14.4 Å². The van der Waals surface area contributed by atoms with Crippen LogP contribution in [-0.2, 0) is 20.8 Å². The van der Waals surface area contributed by atoms with Gasteiger partial charge in [0.1, 0.15) is 0 Å². The number of rotatable bonds is 5. The number of unbranched alkanes of at least 4 members (excludes halogenated alkanes) is 1. The van der Waals surface area contributed by atoms with Gasteiger partial charge >= 0.3 is 5.97 Å². The summed E-state index contributed by atoms with van der Waals surface area (Å²) in [5, 5.41) is 0.888. The maximum absolute atomic E-state index is 12.4. The van der Waals surface area contributed by atoms with Gasteiger partial charge in [-0.05, 0) is 60.8 Å². The highest BCUT2D eigenvalue weighted by Gasteiger charge is 2.35. The minimum atomic E-state index is -0.566. The zero-order valence-corrected chi connectivity index (χ0v) is 16.6. The first kappa shape index (κ1) is 18.9. The Bertz CT molecular complexity index is 776. The van der Waals surface area contributed by atoms with Crippen LogP contribution >= 0.6 is 24.0 Å². The van der Waals surface area contributed by atoms with E-state index in [4.69, 9.17) is 17.1 Å². The van der Waals surface area contributed by atoms with E-state index in [2.05, 4.69) is 24.0 Å². The predicted molar refractivity (Wildman–Crippen MR) is 109 cm³/mol. The van der Waals surface area contributed by atoms with Crippen LogP contribution in [0.4, 0.5) is 5.69 Å². The molecule has 0 radical (unpaired) electrons. The van der Waals surface area contributed by atoms with Crippen LogP contribution in [0.3, 0.4) is 0 Å². The molecular formula is C19H22N2O3S2. The van der Waals surface area contributed by atoms with Crippen LogP contribution in [-0.4, -0.2) is 34.3 Å². The normalized spacial score (nSPS) is 18.5. The van der Waals surface area contributed by atoms with E-state index >= 15 is 0 Å². The molecule has 26 heavy (non-hydrogen) atoms. The summed E-state index contributed by atoms with van der Waals surface area (Å²) >= 11 is 6.27. The largest absolute Gasteiger partial charge is 0.371 e. The molecule has 5 nitrogen and oxygen atoms in total. The van der Waals surface area contributed by atoms with E-state index in [1.807, 2.05) is 12.1 Å². The number of nitrogens with zero attached hydrogens (tertiary/aromatic N) is 2. The first-order valence-electron chi connectivity index (χ1n) is 8.84. The Morgan fingerprint density at radius 1 is 1.42 bits per heavy atom. The maximum Gasteiger partial charge on any atom is 0.330 e. The van der Waals surface area contributed by atoms with Crippen LogP contribution < -0.4 is 4.90 Å². The molecule has 0 aliphatic carbocycles. The molecule has 2 heterocycles. The van der Waals surface area contributed by atoms with Crippen molar-refractivity contribution in [1.29, 1.82) is 0 Å². The molecule has 1 aromatic rings. The third-order valence-corrected chi connectivity index (χ3v) is 5.64. The summed E-state index contributed by atoms with van der Waals surface area (Å²) in [5.74, 6) is -0.957. The van der Waals surface area contributed by atoms with Gasteiger partial charge in [0.15, 0.2) is 4.32 Å². The molecule has 0 atom stereocenters. The van der Waals surface area contributed by atoms with E-state index in [0.717, 1.165) is 48.3 Å². The van der Waals surface area contributed by atoms with Crippen molar-refractivity contribution in [2.24, 2.45) is 0 Å². The first-order chi connectivity index (χ1) is 12.5. The minimum absolute atomic E-state index is 0.236. The molecule has 0 unspecified atom stereocenters. The van der Waals surface area contributed by atoms with Gasteiger partial charge < -0.3 is 9.74 Å². The molecule has 2 aliphatic rings. The monoisotopic (exact) mass is 390 g/mol. The van der Waals surface area contributed by atoms with Crippen LogP contribution in [0.15, 0.2) is 23.1 Å². The second-order valence-electron chi connectivity index (χ2n) is 6.39. The number of anilines is 1. The summed E-state index contributed by atoms with van der Waals surface area (Å²) in [6.07, 6.45) is 6.39. The van der Waals surface area contributed by atoms with Gasteiger partial charge in [0.25, 0.3) is 5.91 Å². The van der Waals surface area contributed by atoms with Crippen LogP contribution in [0, 0.1) is 0 Å². The number of hydroxylamine groups is 2. The van der Waals surface area contributed by atoms with E-state index in [-0.39, 0.29) is 4.32 Å². The van der Waals surface area contributed by atoms with Gasteiger partial charge in [-0.3, -0.25) is 4.79 Å². The van der Waals surface area contributed by atoms with Gasteiger partial charge in [0.05, 0.1) is 4.91 Å². The number of hydrogen-bond acceptors (Lipinski definition) is 6. The molecule has 1 fully saturated rings. The fourth-order valence-corrected chi connectivity index (χ4v) is 4.32. The zero-order chi connectivity index (χ0) is 18.7. The number of aryl methyl sites for hydroxylation is 1. The van der Waals surface area contributed by atoms with Crippen molar-refractivity contribution in [2.45, 2.75) is 39.5 Å². The Hall–Kier alpha value is -1.86. The second kappa shape index (κ2) is 8.22. The van der Waals surface area contributed by atoms with Crippen LogP contribution in [0.1, 0.15) is 44.2 Å². The lowest BCUT2D eigenvalue weighted by Crippen LogP contribution is -2.30. The van der Waals surface area contributed by atoms with Gasteiger partial charge in [-0.25, -0.2) is 4.79 Å². The first-order valence-corrected chi connectivity index (χ1v) is 10.1. The number of thiocarbonyl (C=S) groups is 1. The third kappa shape index (κ3) is 4.10. The topological polar surface area (TPSA) is 49.9 Å². The molecule has 1 amide bonds. The molecule has 0 spiro atoms. The third-order valence-electron chi connectivity index (χ3n) is 4.38. The average molecular weight is 391 g/mol. The predicted octanol–water partition coefficient (Wildman–Crippen LogP) is 3.92. The lowest BCUT2D eigenvalue weighted by atomic mass is 9.98. The van der Waals surface area contributed by atoms with E-state index in [9.17, 15) is 9.59 Å². The second-order valence-corrected chi connectivity index (χ2v) is 8.07. The lowest BCUT2D eigenvalue weighted by molar-refractivity contribution is -0.176. The molecule has 1 saturated heterocycles. The summed E-state index contributed by atoms with van der Waals surface area (Å²) < 4.78 is 0.236. The number of fused-ring (bicyclic) bond motifs is 1. The number of amides is 1. The molecule has 0 aromatic heterocycles. The van der Waals surface area contributed by atoms with Crippen LogP contribution in [0.5, 0.6) is 0 Å². The molecule has 1 aromatic carbocycles. The van der Waals surface area contributed by atoms with Gasteiger partial charge in [-0.2, -0.15) is 0 Å². The number of hydrogen-bond donors (Lipinski definition) is 0. The van der Waals surface area contributed by atoms with Crippen molar-refractivity contribution in [1.82, 2.24) is 5.06 Å². The molecule has 138 valence electrons. The highest BCUT2D eigenvalue weighted by molar-refractivity contribution is 8.26. The fourth-order valence-electron chi connectivity index (χ4n) is 3.18. The molecular weight excluding hydrogens is 368 g/mol. The van der Waals surface area contributed by atoms with Crippen molar-refractivity contribution in [2.75, 3.05) is 18.0 Å². The van der Waals surface area contributed by atoms with Gasteiger partial charge in [0, 0.05) is 25.7 Å². The van der Waals surface area contributed by atoms with Gasteiger partial charge in [0.2, 0.25) is 0 Å².